The Bertz CT molecular complexity index is 1080. The normalized spacial score (nSPS) is 18.9. The zero-order valence-electron chi connectivity index (χ0n) is 16.9. The SMILES string of the molecule is C=CN(C=C)C1CCC(Oc2ncnc3sc4cccc(CCC(N)=O)c4c23)CC1. The van der Waals surface area contributed by atoms with Gasteiger partial charge in [0.1, 0.15) is 17.3 Å². The number of amides is 1. The van der Waals surface area contributed by atoms with E-state index in [-0.39, 0.29) is 12.0 Å². The van der Waals surface area contributed by atoms with Crippen molar-refractivity contribution in [3.05, 3.63) is 55.6 Å². The molecule has 7 heteroatoms. The first-order valence-electron chi connectivity index (χ1n) is 10.2. The lowest BCUT2D eigenvalue weighted by Crippen LogP contribution is -2.34. The van der Waals surface area contributed by atoms with Gasteiger partial charge in [0.2, 0.25) is 11.8 Å². The highest BCUT2D eigenvalue weighted by Crippen LogP contribution is 2.40. The maximum atomic E-state index is 11.3. The highest BCUT2D eigenvalue weighted by Gasteiger charge is 2.26. The van der Waals surface area contributed by atoms with Crippen LogP contribution in [0, 0.1) is 0 Å². The quantitative estimate of drug-likeness (QED) is 0.576. The largest absolute Gasteiger partial charge is 0.474 e. The fraction of sp³-hybridized carbons (Fsp3) is 0.348. The summed E-state index contributed by atoms with van der Waals surface area (Å²) in [5, 5.41) is 2.02. The molecule has 0 saturated heterocycles. The molecule has 0 bridgehead atoms. The first-order chi connectivity index (χ1) is 14.6. The lowest BCUT2D eigenvalue weighted by atomic mass is 9.92. The Hall–Kier alpha value is -2.93. The van der Waals surface area contributed by atoms with Crippen LogP contribution in [0.2, 0.25) is 0 Å². The van der Waals surface area contributed by atoms with Crippen molar-refractivity contribution in [2.45, 2.75) is 50.7 Å². The fourth-order valence-electron chi connectivity index (χ4n) is 4.24. The van der Waals surface area contributed by atoms with Gasteiger partial charge in [0.25, 0.3) is 0 Å². The molecule has 0 spiro atoms. The predicted molar refractivity (Wildman–Crippen MR) is 121 cm³/mol. The van der Waals surface area contributed by atoms with Crippen LogP contribution in [0.25, 0.3) is 20.3 Å². The molecule has 2 heterocycles. The summed E-state index contributed by atoms with van der Waals surface area (Å²) in [6.07, 6.45) is 10.2. The summed E-state index contributed by atoms with van der Waals surface area (Å²) in [7, 11) is 0. The van der Waals surface area contributed by atoms with Gasteiger partial charge in [-0.2, -0.15) is 0 Å². The molecule has 1 aromatic carbocycles. The number of hydrogen-bond donors (Lipinski definition) is 1. The number of hydrogen-bond acceptors (Lipinski definition) is 6. The Kier molecular flexibility index (Phi) is 5.99. The average Bonchev–Trinajstić information content (AvgIpc) is 3.14. The molecular formula is C23H26N4O2S. The van der Waals surface area contributed by atoms with Crippen molar-refractivity contribution < 1.29 is 9.53 Å². The molecule has 4 rings (SSSR count). The van der Waals surface area contributed by atoms with E-state index >= 15 is 0 Å². The van der Waals surface area contributed by atoms with Crippen LogP contribution in [0.15, 0.2) is 50.1 Å². The van der Waals surface area contributed by atoms with E-state index in [1.54, 1.807) is 17.7 Å². The summed E-state index contributed by atoms with van der Waals surface area (Å²) >= 11 is 1.62. The molecule has 0 aliphatic heterocycles. The number of fused-ring (bicyclic) bond motifs is 3. The van der Waals surface area contributed by atoms with Gasteiger partial charge in [-0.25, -0.2) is 9.97 Å². The molecule has 2 N–H and O–H groups in total. The maximum Gasteiger partial charge on any atom is 0.226 e. The van der Waals surface area contributed by atoms with E-state index in [0.29, 0.717) is 24.8 Å². The summed E-state index contributed by atoms with van der Waals surface area (Å²) in [5.74, 6) is 0.328. The number of carbonyl (C=O) groups is 1. The van der Waals surface area contributed by atoms with Crippen LogP contribution in [-0.4, -0.2) is 32.9 Å². The van der Waals surface area contributed by atoms with E-state index in [1.807, 2.05) is 24.5 Å². The molecule has 1 saturated carbocycles. The molecule has 0 radical (unpaired) electrons. The van der Waals surface area contributed by atoms with Gasteiger partial charge in [0.05, 0.1) is 5.39 Å². The summed E-state index contributed by atoms with van der Waals surface area (Å²) in [6, 6.07) is 6.55. The molecule has 1 aliphatic carbocycles. The molecule has 1 aliphatic rings. The van der Waals surface area contributed by atoms with E-state index in [4.69, 9.17) is 10.5 Å². The first-order valence-corrected chi connectivity index (χ1v) is 11.0. The number of benzene rings is 1. The maximum absolute atomic E-state index is 11.3. The minimum absolute atomic E-state index is 0.114. The Balaban J connectivity index is 1.62. The monoisotopic (exact) mass is 422 g/mol. The number of aryl methyl sites for hydroxylation is 1. The summed E-state index contributed by atoms with van der Waals surface area (Å²) in [6.45, 7) is 7.73. The lowest BCUT2D eigenvalue weighted by Gasteiger charge is -2.34. The summed E-state index contributed by atoms with van der Waals surface area (Å²) in [4.78, 5) is 23.3. The number of ether oxygens (including phenoxy) is 1. The van der Waals surface area contributed by atoms with Crippen LogP contribution in [0.5, 0.6) is 5.88 Å². The third kappa shape index (κ3) is 4.03. The minimum Gasteiger partial charge on any atom is -0.474 e. The standard InChI is InChI=1S/C23H26N4O2S/c1-3-27(4-2)16-9-11-17(12-10-16)29-22-21-20-15(8-13-19(24)28)6-5-7-18(20)30-23(21)26-14-25-22/h3-7,14,16-17H,1-2,8-13H2,(H2,24,28). The summed E-state index contributed by atoms with van der Waals surface area (Å²) in [5.41, 5.74) is 6.45. The zero-order chi connectivity index (χ0) is 21.1. The minimum atomic E-state index is -0.302. The van der Waals surface area contributed by atoms with Crippen LogP contribution in [0.3, 0.4) is 0 Å². The van der Waals surface area contributed by atoms with E-state index in [0.717, 1.165) is 51.5 Å². The number of nitrogens with two attached hydrogens (primary N) is 1. The van der Waals surface area contributed by atoms with Gasteiger partial charge in [-0.1, -0.05) is 25.3 Å². The Morgan fingerprint density at radius 2 is 1.97 bits per heavy atom. The Labute approximate surface area is 180 Å². The predicted octanol–water partition coefficient (Wildman–Crippen LogP) is 4.54. The number of aromatic nitrogens is 2. The van der Waals surface area contributed by atoms with E-state index in [2.05, 4.69) is 34.1 Å². The fourth-order valence-corrected chi connectivity index (χ4v) is 5.32. The molecule has 6 nitrogen and oxygen atoms in total. The van der Waals surface area contributed by atoms with E-state index in [9.17, 15) is 4.79 Å². The molecule has 0 unspecified atom stereocenters. The van der Waals surface area contributed by atoms with Crippen molar-refractivity contribution in [2.24, 2.45) is 5.73 Å². The van der Waals surface area contributed by atoms with Crippen LogP contribution in [0.4, 0.5) is 0 Å². The second kappa shape index (κ2) is 8.83. The van der Waals surface area contributed by atoms with Crippen molar-refractivity contribution in [3.8, 4) is 5.88 Å². The molecule has 1 amide bonds. The van der Waals surface area contributed by atoms with Crippen molar-refractivity contribution in [1.82, 2.24) is 14.9 Å². The zero-order valence-corrected chi connectivity index (χ0v) is 17.7. The van der Waals surface area contributed by atoms with Crippen molar-refractivity contribution in [1.29, 1.82) is 0 Å². The van der Waals surface area contributed by atoms with Crippen LogP contribution < -0.4 is 10.5 Å². The highest BCUT2D eigenvalue weighted by molar-refractivity contribution is 7.25. The number of carbonyl (C=O) groups excluding carboxylic acids is 1. The number of thiophene rings is 1. The number of rotatable bonds is 8. The molecule has 3 aromatic rings. The molecule has 30 heavy (non-hydrogen) atoms. The summed E-state index contributed by atoms with van der Waals surface area (Å²) < 4.78 is 7.52. The van der Waals surface area contributed by atoms with Crippen LogP contribution in [-0.2, 0) is 11.2 Å². The van der Waals surface area contributed by atoms with E-state index < -0.39 is 0 Å². The van der Waals surface area contributed by atoms with Gasteiger partial charge in [0.15, 0.2) is 0 Å². The van der Waals surface area contributed by atoms with Crippen molar-refractivity contribution in [2.75, 3.05) is 0 Å². The molecule has 0 atom stereocenters. The highest BCUT2D eigenvalue weighted by atomic mass is 32.1. The van der Waals surface area contributed by atoms with Crippen LogP contribution in [0.1, 0.15) is 37.7 Å². The lowest BCUT2D eigenvalue weighted by molar-refractivity contribution is -0.117. The first kappa shape index (κ1) is 20.3. The topological polar surface area (TPSA) is 81.3 Å². The van der Waals surface area contributed by atoms with Gasteiger partial charge >= 0.3 is 0 Å². The van der Waals surface area contributed by atoms with Crippen molar-refractivity contribution in [3.63, 3.8) is 0 Å². The van der Waals surface area contributed by atoms with Crippen molar-refractivity contribution >= 4 is 37.5 Å². The van der Waals surface area contributed by atoms with E-state index in [1.165, 1.54) is 0 Å². The van der Waals surface area contributed by atoms with Gasteiger partial charge in [-0.05, 0) is 56.1 Å². The van der Waals surface area contributed by atoms with Gasteiger partial charge in [0, 0.05) is 22.5 Å². The third-order valence-electron chi connectivity index (χ3n) is 5.75. The van der Waals surface area contributed by atoms with Gasteiger partial charge < -0.3 is 15.4 Å². The molecule has 156 valence electrons. The Morgan fingerprint density at radius 3 is 2.67 bits per heavy atom. The second-order valence-corrected chi connectivity index (χ2v) is 8.61. The van der Waals surface area contributed by atoms with Crippen LogP contribution >= 0.6 is 11.3 Å². The van der Waals surface area contributed by atoms with Gasteiger partial charge in [-0.15, -0.1) is 11.3 Å². The second-order valence-electron chi connectivity index (χ2n) is 7.58. The molecule has 2 aromatic heterocycles. The molecular weight excluding hydrogens is 396 g/mol. The molecule has 1 fully saturated rings. The smallest absolute Gasteiger partial charge is 0.226 e. The third-order valence-corrected chi connectivity index (χ3v) is 6.82. The van der Waals surface area contributed by atoms with Gasteiger partial charge in [-0.3, -0.25) is 4.79 Å². The average molecular weight is 423 g/mol. The number of primary amides is 1. The Morgan fingerprint density at radius 1 is 1.20 bits per heavy atom. The number of nitrogens with zero attached hydrogens (tertiary/aromatic N) is 3.